The molecule has 2 heterocycles. The van der Waals surface area contributed by atoms with Crippen molar-refractivity contribution >= 4 is 11.8 Å². The molecule has 1 aliphatic carbocycles. The molecule has 0 radical (unpaired) electrons. The average Bonchev–Trinajstić information content (AvgIpc) is 3.12. The third-order valence-electron chi connectivity index (χ3n) is 4.49. The summed E-state index contributed by atoms with van der Waals surface area (Å²) in [4.78, 5) is 21.4. The summed E-state index contributed by atoms with van der Waals surface area (Å²) >= 11 is 0. The van der Waals surface area contributed by atoms with Crippen molar-refractivity contribution in [3.63, 3.8) is 0 Å². The maximum absolute atomic E-state index is 12.7. The van der Waals surface area contributed by atoms with Crippen molar-refractivity contribution in [2.75, 3.05) is 7.11 Å². The molecular weight excluding hydrogens is 342 g/mol. The van der Waals surface area contributed by atoms with E-state index in [4.69, 9.17) is 9.47 Å². The van der Waals surface area contributed by atoms with Crippen LogP contribution < -0.4 is 10.1 Å². The highest BCUT2D eigenvalue weighted by atomic mass is 16.5. The van der Waals surface area contributed by atoms with Gasteiger partial charge in [0.25, 0.3) is 5.91 Å². The number of nitrogens with zero attached hydrogens (tertiary/aromatic N) is 2. The van der Waals surface area contributed by atoms with E-state index in [1.807, 2.05) is 49.4 Å². The number of allylic oxidation sites excluding steroid dienone is 1. The SMILES string of the molecule is COc1c(C)cccc1C(=O)NC1=C[C@@H]2N=C(c3cccnc3)O[C@H]2C=C1. The van der Waals surface area contributed by atoms with Crippen molar-refractivity contribution in [2.45, 2.75) is 19.1 Å². The number of rotatable bonds is 4. The highest BCUT2D eigenvalue weighted by Crippen LogP contribution is 2.26. The second kappa shape index (κ2) is 7.07. The molecule has 0 bridgehead atoms. The number of hydrogen-bond donors (Lipinski definition) is 1. The van der Waals surface area contributed by atoms with E-state index in [0.717, 1.165) is 11.1 Å². The molecule has 6 nitrogen and oxygen atoms in total. The van der Waals surface area contributed by atoms with E-state index in [9.17, 15) is 4.79 Å². The van der Waals surface area contributed by atoms with E-state index in [0.29, 0.717) is 22.9 Å². The second-order valence-corrected chi connectivity index (χ2v) is 6.34. The van der Waals surface area contributed by atoms with Gasteiger partial charge < -0.3 is 14.8 Å². The number of amides is 1. The second-order valence-electron chi connectivity index (χ2n) is 6.34. The Kier molecular flexibility index (Phi) is 4.46. The van der Waals surface area contributed by atoms with Gasteiger partial charge in [0.15, 0.2) is 0 Å². The van der Waals surface area contributed by atoms with Gasteiger partial charge in [-0.1, -0.05) is 12.1 Å². The number of methoxy groups -OCH3 is 1. The fourth-order valence-electron chi connectivity index (χ4n) is 3.18. The number of ether oxygens (including phenoxy) is 2. The number of pyridine rings is 1. The van der Waals surface area contributed by atoms with Crippen LogP contribution >= 0.6 is 0 Å². The van der Waals surface area contributed by atoms with Crippen LogP contribution in [0.25, 0.3) is 0 Å². The Labute approximate surface area is 157 Å². The molecule has 1 N–H and O–H groups in total. The maximum Gasteiger partial charge on any atom is 0.259 e. The molecule has 0 saturated heterocycles. The fourth-order valence-corrected chi connectivity index (χ4v) is 3.18. The predicted octanol–water partition coefficient (Wildman–Crippen LogP) is 2.80. The normalized spacial score (nSPS) is 20.2. The zero-order valence-corrected chi connectivity index (χ0v) is 15.0. The summed E-state index contributed by atoms with van der Waals surface area (Å²) in [6.45, 7) is 1.91. The van der Waals surface area contributed by atoms with Crippen molar-refractivity contribution in [1.82, 2.24) is 10.3 Å². The van der Waals surface area contributed by atoms with Gasteiger partial charge in [-0.25, -0.2) is 4.99 Å². The van der Waals surface area contributed by atoms with Crippen molar-refractivity contribution in [3.05, 3.63) is 83.3 Å². The van der Waals surface area contributed by atoms with Crippen LogP contribution in [0.15, 0.2) is 71.6 Å². The Morgan fingerprint density at radius 3 is 2.93 bits per heavy atom. The largest absolute Gasteiger partial charge is 0.496 e. The molecule has 4 rings (SSSR count). The van der Waals surface area contributed by atoms with Gasteiger partial charge in [-0.2, -0.15) is 0 Å². The van der Waals surface area contributed by atoms with Gasteiger partial charge in [-0.3, -0.25) is 9.78 Å². The van der Waals surface area contributed by atoms with Crippen LogP contribution in [-0.4, -0.2) is 36.0 Å². The molecule has 0 fully saturated rings. The van der Waals surface area contributed by atoms with Gasteiger partial charge in [-0.15, -0.1) is 0 Å². The summed E-state index contributed by atoms with van der Waals surface area (Å²) in [6, 6.07) is 9.06. The zero-order valence-electron chi connectivity index (χ0n) is 15.0. The smallest absolute Gasteiger partial charge is 0.259 e. The molecule has 1 amide bonds. The first-order valence-electron chi connectivity index (χ1n) is 8.65. The quantitative estimate of drug-likeness (QED) is 0.909. The molecule has 0 unspecified atom stereocenters. The van der Waals surface area contributed by atoms with Crippen LogP contribution in [0.5, 0.6) is 5.75 Å². The number of aromatic nitrogens is 1. The van der Waals surface area contributed by atoms with E-state index in [1.165, 1.54) is 0 Å². The summed E-state index contributed by atoms with van der Waals surface area (Å²) in [5, 5.41) is 2.92. The number of hydrogen-bond acceptors (Lipinski definition) is 5. The number of benzene rings is 1. The molecule has 2 aliphatic rings. The Bertz CT molecular complexity index is 964. The summed E-state index contributed by atoms with van der Waals surface area (Å²) in [5.74, 6) is 0.918. The van der Waals surface area contributed by atoms with Crippen molar-refractivity contribution < 1.29 is 14.3 Å². The summed E-state index contributed by atoms with van der Waals surface area (Å²) in [5.41, 5.74) is 2.93. The zero-order chi connectivity index (χ0) is 18.8. The minimum Gasteiger partial charge on any atom is -0.496 e. The molecule has 0 spiro atoms. The molecule has 6 heteroatoms. The van der Waals surface area contributed by atoms with Crippen LogP contribution in [0.4, 0.5) is 0 Å². The highest BCUT2D eigenvalue weighted by Gasteiger charge is 2.31. The minimum absolute atomic E-state index is 0.172. The van der Waals surface area contributed by atoms with Gasteiger partial charge in [0.2, 0.25) is 5.90 Å². The lowest BCUT2D eigenvalue weighted by Crippen LogP contribution is -2.28. The molecular formula is C21H19N3O3. The lowest BCUT2D eigenvalue weighted by Gasteiger charge is -2.18. The number of carbonyl (C=O) groups is 1. The third kappa shape index (κ3) is 3.33. The number of carbonyl (C=O) groups excluding carboxylic acids is 1. The molecule has 1 aromatic carbocycles. The minimum atomic E-state index is -0.222. The van der Waals surface area contributed by atoms with Crippen LogP contribution in [0.3, 0.4) is 0 Å². The topological polar surface area (TPSA) is 72.8 Å². The lowest BCUT2D eigenvalue weighted by molar-refractivity contribution is 0.0963. The van der Waals surface area contributed by atoms with E-state index >= 15 is 0 Å². The van der Waals surface area contributed by atoms with E-state index in [1.54, 1.807) is 25.6 Å². The first-order valence-corrected chi connectivity index (χ1v) is 8.65. The lowest BCUT2D eigenvalue weighted by atomic mass is 10.0. The molecule has 27 heavy (non-hydrogen) atoms. The first-order chi connectivity index (χ1) is 13.2. The molecule has 2 aromatic rings. The number of fused-ring (bicyclic) bond motifs is 1. The summed E-state index contributed by atoms with van der Waals surface area (Å²) in [6.07, 6.45) is 8.89. The summed E-state index contributed by atoms with van der Waals surface area (Å²) < 4.78 is 11.3. The van der Waals surface area contributed by atoms with E-state index in [2.05, 4.69) is 15.3 Å². The van der Waals surface area contributed by atoms with Crippen LogP contribution in [-0.2, 0) is 4.74 Å². The fraction of sp³-hybridized carbons (Fsp3) is 0.190. The standard InChI is InChI=1S/C21H19N3O3/c1-13-5-3-7-16(19(13)26-2)20(25)23-15-8-9-18-17(11-15)24-21(27-18)14-6-4-10-22-12-14/h3-12,17-18H,1-2H3,(H,23,25)/t17-,18-/m0/s1. The first kappa shape index (κ1) is 17.0. The number of para-hydroxylation sites is 1. The van der Waals surface area contributed by atoms with Crippen LogP contribution in [0.1, 0.15) is 21.5 Å². The van der Waals surface area contributed by atoms with Crippen molar-refractivity contribution in [1.29, 1.82) is 0 Å². The Morgan fingerprint density at radius 1 is 1.26 bits per heavy atom. The van der Waals surface area contributed by atoms with Gasteiger partial charge in [0.1, 0.15) is 17.9 Å². The summed E-state index contributed by atoms with van der Waals surface area (Å²) in [7, 11) is 1.56. The Hall–Kier alpha value is -3.41. The molecule has 136 valence electrons. The van der Waals surface area contributed by atoms with E-state index in [-0.39, 0.29) is 18.1 Å². The number of nitrogens with one attached hydrogen (secondary N) is 1. The molecule has 2 atom stereocenters. The third-order valence-corrected chi connectivity index (χ3v) is 4.49. The van der Waals surface area contributed by atoms with Crippen LogP contribution in [0, 0.1) is 6.92 Å². The van der Waals surface area contributed by atoms with Crippen molar-refractivity contribution in [2.24, 2.45) is 4.99 Å². The number of aliphatic imine (C=N–C) groups is 1. The number of aryl methyl sites for hydroxylation is 1. The van der Waals surface area contributed by atoms with Crippen LogP contribution in [0.2, 0.25) is 0 Å². The highest BCUT2D eigenvalue weighted by molar-refractivity contribution is 5.99. The molecule has 1 aromatic heterocycles. The van der Waals surface area contributed by atoms with Gasteiger partial charge in [0.05, 0.1) is 18.2 Å². The Balaban J connectivity index is 1.53. The van der Waals surface area contributed by atoms with Gasteiger partial charge in [0, 0.05) is 18.1 Å². The predicted molar refractivity (Wildman–Crippen MR) is 102 cm³/mol. The van der Waals surface area contributed by atoms with Gasteiger partial charge in [-0.05, 0) is 48.9 Å². The van der Waals surface area contributed by atoms with E-state index < -0.39 is 0 Å². The van der Waals surface area contributed by atoms with Crippen molar-refractivity contribution in [3.8, 4) is 5.75 Å². The monoisotopic (exact) mass is 361 g/mol. The molecule has 0 saturated carbocycles. The maximum atomic E-state index is 12.7. The molecule has 1 aliphatic heterocycles. The average molecular weight is 361 g/mol. The Morgan fingerprint density at radius 2 is 2.15 bits per heavy atom. The van der Waals surface area contributed by atoms with Gasteiger partial charge >= 0.3 is 0 Å².